The Balaban J connectivity index is 3.90. The predicted molar refractivity (Wildman–Crippen MR) is 113 cm³/mol. The van der Waals surface area contributed by atoms with Crippen LogP contribution in [-0.4, -0.2) is 45.6 Å². The maximum Gasteiger partial charge on any atom is 0.191 e. The highest BCUT2D eigenvalue weighted by atomic mass is 32.2. The molecule has 0 unspecified atom stereocenters. The van der Waals surface area contributed by atoms with Gasteiger partial charge in [-0.2, -0.15) is 0 Å². The Hall–Kier alpha value is 0.504. The molecule has 0 aromatic heterocycles. The average Bonchev–Trinajstić information content (AvgIpc) is 2.37. The van der Waals surface area contributed by atoms with Gasteiger partial charge in [-0.3, -0.25) is 4.21 Å². The van der Waals surface area contributed by atoms with Crippen molar-refractivity contribution in [2.45, 2.75) is 90.6 Å². The van der Waals surface area contributed by atoms with Crippen molar-refractivity contribution in [1.82, 2.24) is 0 Å². The van der Waals surface area contributed by atoms with Crippen LogP contribution in [0.15, 0.2) is 0 Å². The van der Waals surface area contributed by atoms with E-state index >= 15 is 0 Å². The van der Waals surface area contributed by atoms with Crippen LogP contribution in [-0.2, 0) is 19.7 Å². The molecule has 3 nitrogen and oxygen atoms in total. The molecular formula is C18H42O3SSi2. The average molecular weight is 395 g/mol. The van der Waals surface area contributed by atoms with Gasteiger partial charge in [-0.05, 0) is 49.1 Å². The molecule has 0 aliphatic rings. The Morgan fingerprint density at radius 2 is 1.00 bits per heavy atom. The summed E-state index contributed by atoms with van der Waals surface area (Å²) in [5.41, 5.74) is 0. The van der Waals surface area contributed by atoms with Gasteiger partial charge < -0.3 is 8.85 Å². The fraction of sp³-hybridized carbons (Fsp3) is 1.00. The van der Waals surface area contributed by atoms with E-state index < -0.39 is 27.4 Å². The monoisotopic (exact) mass is 394 g/mol. The molecule has 0 saturated heterocycles. The highest BCUT2D eigenvalue weighted by molar-refractivity contribution is 7.84. The fourth-order valence-electron chi connectivity index (χ4n) is 1.63. The summed E-state index contributed by atoms with van der Waals surface area (Å²) in [6.07, 6.45) is 1.78. The summed E-state index contributed by atoms with van der Waals surface area (Å²) in [6.45, 7) is 24.0. The third kappa shape index (κ3) is 8.74. The molecule has 0 aliphatic heterocycles. The summed E-state index contributed by atoms with van der Waals surface area (Å²) in [6, 6.07) is 0. The van der Waals surface area contributed by atoms with Crippen molar-refractivity contribution in [3.8, 4) is 0 Å². The molecule has 0 aromatic rings. The summed E-state index contributed by atoms with van der Waals surface area (Å²) in [5, 5.41) is 0.487. The lowest BCUT2D eigenvalue weighted by Crippen LogP contribution is -2.41. The van der Waals surface area contributed by atoms with Gasteiger partial charge in [0.1, 0.15) is 0 Å². The van der Waals surface area contributed by atoms with Crippen molar-refractivity contribution in [2.24, 2.45) is 0 Å². The van der Waals surface area contributed by atoms with E-state index in [1.165, 1.54) is 0 Å². The van der Waals surface area contributed by atoms with Crippen LogP contribution in [0.1, 0.15) is 54.4 Å². The normalized spacial score (nSPS) is 14.5. The topological polar surface area (TPSA) is 35.5 Å². The van der Waals surface area contributed by atoms with E-state index in [0.29, 0.717) is 0 Å². The van der Waals surface area contributed by atoms with Crippen LogP contribution in [0, 0.1) is 0 Å². The molecule has 0 rings (SSSR count). The Morgan fingerprint density at radius 3 is 1.25 bits per heavy atom. The van der Waals surface area contributed by atoms with Gasteiger partial charge in [0.15, 0.2) is 16.6 Å². The summed E-state index contributed by atoms with van der Waals surface area (Å²) in [4.78, 5) is 0. The van der Waals surface area contributed by atoms with Crippen LogP contribution in [0.4, 0.5) is 0 Å². The molecule has 0 amide bonds. The van der Waals surface area contributed by atoms with Crippen molar-refractivity contribution >= 4 is 27.4 Å². The largest absolute Gasteiger partial charge is 0.417 e. The third-order valence-corrected chi connectivity index (χ3v) is 16.1. The molecule has 0 bridgehead atoms. The van der Waals surface area contributed by atoms with E-state index in [-0.39, 0.29) is 10.1 Å². The summed E-state index contributed by atoms with van der Waals surface area (Å²) in [7, 11) is -4.07. The first-order valence-corrected chi connectivity index (χ1v) is 16.5. The summed E-state index contributed by atoms with van der Waals surface area (Å²) < 4.78 is 24.4. The minimum Gasteiger partial charge on any atom is -0.417 e. The molecule has 0 radical (unpaired) electrons. The summed E-state index contributed by atoms with van der Waals surface area (Å²) >= 11 is 0. The molecule has 0 fully saturated rings. The zero-order valence-electron chi connectivity index (χ0n) is 17.9. The van der Waals surface area contributed by atoms with Crippen LogP contribution < -0.4 is 0 Å². The van der Waals surface area contributed by atoms with Gasteiger partial charge in [-0.15, -0.1) is 0 Å². The zero-order chi connectivity index (χ0) is 19.2. The lowest BCUT2D eigenvalue weighted by atomic mass is 10.2. The lowest BCUT2D eigenvalue weighted by Gasteiger charge is -2.36. The molecular weight excluding hydrogens is 352 g/mol. The van der Waals surface area contributed by atoms with Crippen LogP contribution >= 0.6 is 0 Å². The molecule has 24 heavy (non-hydrogen) atoms. The third-order valence-electron chi connectivity index (χ3n) is 5.57. The van der Waals surface area contributed by atoms with E-state index in [2.05, 4.69) is 67.7 Å². The molecule has 146 valence electrons. The van der Waals surface area contributed by atoms with Gasteiger partial charge >= 0.3 is 0 Å². The van der Waals surface area contributed by atoms with Gasteiger partial charge in [0, 0.05) is 35.5 Å². The van der Waals surface area contributed by atoms with E-state index in [0.717, 1.165) is 37.6 Å². The van der Waals surface area contributed by atoms with Crippen LogP contribution in [0.2, 0.25) is 36.3 Å². The fourth-order valence-corrected chi connectivity index (χ4v) is 4.89. The zero-order valence-corrected chi connectivity index (χ0v) is 20.7. The highest BCUT2D eigenvalue weighted by Gasteiger charge is 2.37. The van der Waals surface area contributed by atoms with E-state index in [9.17, 15) is 4.21 Å². The molecule has 0 spiro atoms. The van der Waals surface area contributed by atoms with Gasteiger partial charge in [0.05, 0.1) is 0 Å². The first-order chi connectivity index (χ1) is 10.6. The Morgan fingerprint density at radius 1 is 0.708 bits per heavy atom. The lowest BCUT2D eigenvalue weighted by molar-refractivity contribution is 0.287. The van der Waals surface area contributed by atoms with Crippen molar-refractivity contribution in [3.63, 3.8) is 0 Å². The molecule has 0 heterocycles. The van der Waals surface area contributed by atoms with Gasteiger partial charge in [0.2, 0.25) is 0 Å². The van der Waals surface area contributed by atoms with Gasteiger partial charge in [0.25, 0.3) is 0 Å². The second kappa shape index (κ2) is 9.44. The van der Waals surface area contributed by atoms with Crippen LogP contribution in [0.25, 0.3) is 0 Å². The molecule has 0 atom stereocenters. The number of rotatable bonds is 10. The number of hydrogen-bond acceptors (Lipinski definition) is 3. The van der Waals surface area contributed by atoms with Crippen molar-refractivity contribution in [2.75, 3.05) is 24.7 Å². The maximum atomic E-state index is 12.1. The Kier molecular flexibility index (Phi) is 9.64. The van der Waals surface area contributed by atoms with Gasteiger partial charge in [-0.1, -0.05) is 41.5 Å². The van der Waals surface area contributed by atoms with Crippen LogP contribution in [0.5, 0.6) is 0 Å². The standard InChI is InChI=1S/C18H42O3SSi2/c1-17(2,3)23(7,8)20-13-11-15-22(19)16-12-14-21-24(9,10)18(4,5)6/h11-16H2,1-10H3. The SMILES string of the molecule is CC(C)(C)[Si](C)(C)OCCCS(=O)CCCO[Si](C)(C)C(C)(C)C. The number of hydrogen-bond donors (Lipinski definition) is 0. The van der Waals surface area contributed by atoms with Gasteiger partial charge in [-0.25, -0.2) is 0 Å². The molecule has 6 heteroatoms. The van der Waals surface area contributed by atoms with Crippen molar-refractivity contribution in [1.29, 1.82) is 0 Å². The molecule has 0 aromatic carbocycles. The van der Waals surface area contributed by atoms with E-state index in [1.807, 2.05) is 0 Å². The molecule has 0 N–H and O–H groups in total. The quantitative estimate of drug-likeness (QED) is 0.359. The smallest absolute Gasteiger partial charge is 0.191 e. The van der Waals surface area contributed by atoms with Crippen molar-refractivity contribution < 1.29 is 13.1 Å². The van der Waals surface area contributed by atoms with Crippen LogP contribution in [0.3, 0.4) is 0 Å². The highest BCUT2D eigenvalue weighted by Crippen LogP contribution is 2.37. The van der Waals surface area contributed by atoms with Crippen molar-refractivity contribution in [3.05, 3.63) is 0 Å². The minimum absolute atomic E-state index is 0.243. The van der Waals surface area contributed by atoms with E-state index in [1.54, 1.807) is 0 Å². The first-order valence-electron chi connectivity index (χ1n) is 9.23. The Bertz CT molecular complexity index is 360. The second-order valence-corrected chi connectivity index (χ2v) is 21.1. The minimum atomic E-state index is -1.66. The second-order valence-electron chi connectivity index (χ2n) is 9.77. The summed E-state index contributed by atoms with van der Waals surface area (Å²) in [5.74, 6) is 1.49. The Labute approximate surface area is 156 Å². The van der Waals surface area contributed by atoms with E-state index in [4.69, 9.17) is 8.85 Å². The maximum absolute atomic E-state index is 12.1. The predicted octanol–water partition coefficient (Wildman–Crippen LogP) is 5.56. The molecule has 0 aliphatic carbocycles. The molecule has 0 saturated carbocycles. The first kappa shape index (κ1) is 24.5.